The predicted molar refractivity (Wildman–Crippen MR) is 54.5 cm³/mol. The van der Waals surface area contributed by atoms with E-state index in [0.717, 1.165) is 0 Å². The van der Waals surface area contributed by atoms with Gasteiger partial charge in [-0.1, -0.05) is 30.1 Å². The van der Waals surface area contributed by atoms with Gasteiger partial charge >= 0.3 is 0 Å². The maximum Gasteiger partial charge on any atom is 0.225 e. The highest BCUT2D eigenvalue weighted by Gasteiger charge is 2.46. The smallest absolute Gasteiger partial charge is 0.225 e. The van der Waals surface area contributed by atoms with Gasteiger partial charge in [-0.05, 0) is 6.42 Å². The first-order valence-corrected chi connectivity index (χ1v) is 5.07. The average molecular weight is 247 g/mol. The zero-order chi connectivity index (χ0) is 11.4. The number of methoxy groups -OCH3 is 2. The van der Waals surface area contributed by atoms with Crippen molar-refractivity contribution >= 4 is 23.2 Å². The molecule has 0 aromatic heterocycles. The monoisotopic (exact) mass is 246 g/mol. The molecule has 0 fully saturated rings. The van der Waals surface area contributed by atoms with E-state index in [1.165, 1.54) is 14.2 Å². The molecule has 14 heavy (non-hydrogen) atoms. The molecule has 0 radical (unpaired) electrons. The molecule has 0 rings (SSSR count). The number of aliphatic hydroxyl groups is 2. The minimum atomic E-state index is -1.91. The Bertz CT molecular complexity index is 167. The summed E-state index contributed by atoms with van der Waals surface area (Å²) in [7, 11) is 2.58. The molecule has 0 saturated carbocycles. The van der Waals surface area contributed by atoms with Gasteiger partial charge in [0.25, 0.3) is 0 Å². The zero-order valence-corrected chi connectivity index (χ0v) is 9.92. The van der Waals surface area contributed by atoms with Crippen molar-refractivity contribution in [3.8, 4) is 0 Å². The fourth-order valence-electron chi connectivity index (χ4n) is 1.15. The van der Waals surface area contributed by atoms with Crippen molar-refractivity contribution in [2.45, 2.75) is 36.2 Å². The lowest BCUT2D eigenvalue weighted by Gasteiger charge is -2.36. The number of hydrogen-bond acceptors (Lipinski definition) is 4. The molecule has 3 atom stereocenters. The fourth-order valence-corrected chi connectivity index (χ4v) is 1.57. The van der Waals surface area contributed by atoms with Gasteiger partial charge in [0, 0.05) is 14.2 Å². The van der Waals surface area contributed by atoms with Crippen molar-refractivity contribution in [2.24, 2.45) is 0 Å². The van der Waals surface area contributed by atoms with Crippen molar-refractivity contribution in [2.75, 3.05) is 14.2 Å². The maximum absolute atomic E-state index is 9.89. The Kier molecular flexibility index (Phi) is 6.28. The van der Waals surface area contributed by atoms with Gasteiger partial charge in [-0.3, -0.25) is 0 Å². The van der Waals surface area contributed by atoms with Crippen molar-refractivity contribution in [1.82, 2.24) is 0 Å². The van der Waals surface area contributed by atoms with Crippen LogP contribution in [-0.2, 0) is 9.47 Å². The van der Waals surface area contributed by atoms with Crippen LogP contribution < -0.4 is 0 Å². The van der Waals surface area contributed by atoms with Gasteiger partial charge in [0.2, 0.25) is 5.79 Å². The third kappa shape index (κ3) is 2.95. The molecule has 0 aromatic rings. The highest BCUT2D eigenvalue weighted by Crippen LogP contribution is 2.29. The van der Waals surface area contributed by atoms with Crippen molar-refractivity contribution < 1.29 is 19.7 Å². The third-order valence-corrected chi connectivity index (χ3v) is 2.69. The average Bonchev–Trinajstić information content (AvgIpc) is 2.17. The highest BCUT2D eigenvalue weighted by atomic mass is 35.5. The Morgan fingerprint density at radius 2 is 1.86 bits per heavy atom. The molecule has 0 bridgehead atoms. The first kappa shape index (κ1) is 14.4. The van der Waals surface area contributed by atoms with Crippen molar-refractivity contribution in [3.05, 3.63) is 0 Å². The molecule has 0 amide bonds. The van der Waals surface area contributed by atoms with E-state index >= 15 is 0 Å². The Morgan fingerprint density at radius 1 is 1.36 bits per heavy atom. The molecule has 0 saturated heterocycles. The third-order valence-electron chi connectivity index (χ3n) is 2.07. The molecule has 0 heterocycles. The molecule has 2 N–H and O–H groups in total. The molecule has 0 spiro atoms. The van der Waals surface area contributed by atoms with Crippen LogP contribution in [0.25, 0.3) is 0 Å². The summed E-state index contributed by atoms with van der Waals surface area (Å²) < 4.78 is 9.71. The van der Waals surface area contributed by atoms with Crippen LogP contribution >= 0.6 is 23.2 Å². The number of aliphatic hydroxyl groups excluding tert-OH is 1. The summed E-state index contributed by atoms with van der Waals surface area (Å²) in [5, 5.41) is 19.4. The van der Waals surface area contributed by atoms with Crippen molar-refractivity contribution in [1.29, 1.82) is 0 Å². The number of alkyl halides is 2. The van der Waals surface area contributed by atoms with Gasteiger partial charge in [-0.15, -0.1) is 0 Å². The molecule has 0 aromatic carbocycles. The summed E-state index contributed by atoms with van der Waals surface area (Å²) in [6, 6.07) is 0. The molecule has 4 nitrogen and oxygen atoms in total. The minimum Gasteiger partial charge on any atom is -0.390 e. The van der Waals surface area contributed by atoms with E-state index in [1.807, 2.05) is 0 Å². The standard InChI is InChI=1S/C8H16Cl2O4/c1-4-5(11)6(13-2)8(12,14-3)7(9)10/h5-7,11-12H,4H2,1-3H3. The van der Waals surface area contributed by atoms with E-state index in [-0.39, 0.29) is 0 Å². The second kappa shape index (κ2) is 6.10. The van der Waals surface area contributed by atoms with Crippen LogP contribution in [-0.4, -0.2) is 47.3 Å². The topological polar surface area (TPSA) is 58.9 Å². The van der Waals surface area contributed by atoms with E-state index < -0.39 is 22.8 Å². The molecule has 0 aliphatic carbocycles. The van der Waals surface area contributed by atoms with Crippen molar-refractivity contribution in [3.63, 3.8) is 0 Å². The van der Waals surface area contributed by atoms with Gasteiger partial charge in [0.1, 0.15) is 6.10 Å². The second-order valence-corrected chi connectivity index (χ2v) is 3.98. The number of ether oxygens (including phenoxy) is 2. The number of halogens is 2. The quantitative estimate of drug-likeness (QED) is 0.541. The number of rotatable bonds is 6. The van der Waals surface area contributed by atoms with Gasteiger partial charge in [0.15, 0.2) is 4.84 Å². The molecular formula is C8H16Cl2O4. The fraction of sp³-hybridized carbons (Fsp3) is 1.00. The van der Waals surface area contributed by atoms with Crippen LogP contribution in [0.3, 0.4) is 0 Å². The SMILES string of the molecule is CCC(O)C(OC)C(O)(OC)C(Cl)Cl. The predicted octanol–water partition coefficient (Wildman–Crippen LogP) is 0.911. The maximum atomic E-state index is 9.89. The summed E-state index contributed by atoms with van der Waals surface area (Å²) in [6.45, 7) is 1.74. The van der Waals surface area contributed by atoms with Crippen LogP contribution in [0.1, 0.15) is 13.3 Å². The Morgan fingerprint density at radius 3 is 2.07 bits per heavy atom. The summed E-state index contributed by atoms with van der Waals surface area (Å²) >= 11 is 11.1. The summed E-state index contributed by atoms with van der Waals surface area (Å²) in [5.41, 5.74) is 0. The lowest BCUT2D eigenvalue weighted by Crippen LogP contribution is -2.55. The van der Waals surface area contributed by atoms with Crippen LogP contribution in [0.15, 0.2) is 0 Å². The Labute approximate surface area is 93.7 Å². The first-order chi connectivity index (χ1) is 6.43. The van der Waals surface area contributed by atoms with E-state index in [2.05, 4.69) is 0 Å². The first-order valence-electron chi connectivity index (χ1n) is 4.20. The lowest BCUT2D eigenvalue weighted by atomic mass is 10.0. The van der Waals surface area contributed by atoms with Crippen LogP contribution in [0.5, 0.6) is 0 Å². The zero-order valence-electron chi connectivity index (χ0n) is 8.41. The Hall–Kier alpha value is 0.420. The lowest BCUT2D eigenvalue weighted by molar-refractivity contribution is -0.261. The molecule has 3 unspecified atom stereocenters. The van der Waals surface area contributed by atoms with E-state index in [1.54, 1.807) is 6.92 Å². The van der Waals surface area contributed by atoms with E-state index in [4.69, 9.17) is 32.7 Å². The molecule has 0 aliphatic rings. The van der Waals surface area contributed by atoms with Crippen LogP contribution in [0.4, 0.5) is 0 Å². The van der Waals surface area contributed by atoms with Gasteiger partial charge in [-0.25, -0.2) is 0 Å². The van der Waals surface area contributed by atoms with Gasteiger partial charge < -0.3 is 19.7 Å². The molecular weight excluding hydrogens is 231 g/mol. The summed E-state index contributed by atoms with van der Waals surface area (Å²) in [5.74, 6) is -1.91. The van der Waals surface area contributed by atoms with Gasteiger partial charge in [0.05, 0.1) is 6.10 Å². The normalized spacial score (nSPS) is 20.6. The second-order valence-electron chi connectivity index (χ2n) is 2.89. The molecule has 0 aliphatic heterocycles. The number of hydrogen-bond donors (Lipinski definition) is 2. The minimum absolute atomic E-state index is 0.394. The highest BCUT2D eigenvalue weighted by molar-refractivity contribution is 6.45. The summed E-state index contributed by atoms with van der Waals surface area (Å²) in [4.78, 5) is -1.21. The van der Waals surface area contributed by atoms with Crippen LogP contribution in [0, 0.1) is 0 Å². The summed E-state index contributed by atoms with van der Waals surface area (Å²) in [6.07, 6.45) is -1.49. The Balaban J connectivity index is 4.76. The van der Waals surface area contributed by atoms with Crippen LogP contribution in [0.2, 0.25) is 0 Å². The largest absolute Gasteiger partial charge is 0.390 e. The van der Waals surface area contributed by atoms with E-state index in [9.17, 15) is 10.2 Å². The molecule has 6 heteroatoms. The molecule has 86 valence electrons. The van der Waals surface area contributed by atoms with E-state index in [0.29, 0.717) is 6.42 Å². The van der Waals surface area contributed by atoms with Gasteiger partial charge in [-0.2, -0.15) is 0 Å².